The number of hydrogen-bond acceptors (Lipinski definition) is 4. The molecular formula is C16H12N2O4. The number of hydrogen-bond donors (Lipinski definition) is 1. The molecule has 0 unspecified atom stereocenters. The van der Waals surface area contributed by atoms with Gasteiger partial charge in [0.15, 0.2) is 0 Å². The van der Waals surface area contributed by atoms with Crippen LogP contribution >= 0.6 is 0 Å². The largest absolute Gasteiger partial charge is 0.479 e. The third-order valence-corrected chi connectivity index (χ3v) is 2.79. The van der Waals surface area contributed by atoms with Gasteiger partial charge in [0, 0.05) is 6.07 Å². The average molecular weight is 296 g/mol. The van der Waals surface area contributed by atoms with Gasteiger partial charge in [-0.25, -0.2) is 0 Å². The van der Waals surface area contributed by atoms with E-state index in [0.717, 1.165) is 0 Å². The second-order valence-electron chi connectivity index (χ2n) is 4.22. The maximum atomic E-state index is 12.3. The molecule has 6 nitrogen and oxygen atoms in total. The van der Waals surface area contributed by atoms with Gasteiger partial charge in [0.1, 0.15) is 17.9 Å². The van der Waals surface area contributed by atoms with E-state index in [4.69, 9.17) is 11.2 Å². The fraction of sp³-hybridized carbons (Fsp3) is 0.0625. The maximum absolute atomic E-state index is 12.3. The number of amides is 1. The summed E-state index contributed by atoms with van der Waals surface area (Å²) in [6.45, 7) is 0.0539. The quantitative estimate of drug-likeness (QED) is 0.522. The molecule has 0 heterocycles. The first-order chi connectivity index (χ1) is 10.6. The van der Waals surface area contributed by atoms with Crippen LogP contribution in [-0.4, -0.2) is 17.4 Å². The maximum Gasteiger partial charge on any atom is 0.282 e. The van der Waals surface area contributed by atoms with E-state index in [0.29, 0.717) is 11.4 Å². The average Bonchev–Trinajstić information content (AvgIpc) is 2.54. The minimum absolute atomic E-state index is 0.0285. The highest BCUT2D eigenvalue weighted by atomic mass is 16.6. The molecule has 0 fully saturated rings. The lowest BCUT2D eigenvalue weighted by atomic mass is 10.1. The van der Waals surface area contributed by atoms with E-state index < -0.39 is 10.8 Å². The summed E-state index contributed by atoms with van der Waals surface area (Å²) < 4.78 is 5.32. The highest BCUT2D eigenvalue weighted by Crippen LogP contribution is 2.26. The highest BCUT2D eigenvalue weighted by Gasteiger charge is 2.20. The molecule has 2 aromatic carbocycles. The van der Waals surface area contributed by atoms with Gasteiger partial charge in [-0.05, 0) is 18.2 Å². The smallest absolute Gasteiger partial charge is 0.282 e. The van der Waals surface area contributed by atoms with E-state index in [2.05, 4.69) is 11.2 Å². The van der Waals surface area contributed by atoms with Gasteiger partial charge in [-0.2, -0.15) is 0 Å². The first-order valence-corrected chi connectivity index (χ1v) is 6.33. The molecule has 0 saturated heterocycles. The van der Waals surface area contributed by atoms with E-state index in [1.807, 2.05) is 0 Å². The Morgan fingerprint density at radius 2 is 1.91 bits per heavy atom. The van der Waals surface area contributed by atoms with Crippen LogP contribution in [-0.2, 0) is 0 Å². The molecule has 110 valence electrons. The predicted molar refractivity (Wildman–Crippen MR) is 81.8 cm³/mol. The molecule has 6 heteroatoms. The number of nitrogens with one attached hydrogen (secondary N) is 1. The topological polar surface area (TPSA) is 81.5 Å². The minimum atomic E-state index is -0.602. The van der Waals surface area contributed by atoms with Crippen LogP contribution in [0.25, 0.3) is 0 Å². The van der Waals surface area contributed by atoms with Gasteiger partial charge in [0.2, 0.25) is 0 Å². The number of anilines is 1. The van der Waals surface area contributed by atoms with Gasteiger partial charge in [0.25, 0.3) is 11.6 Å². The van der Waals surface area contributed by atoms with Crippen LogP contribution in [0.4, 0.5) is 11.4 Å². The van der Waals surface area contributed by atoms with Crippen LogP contribution in [0, 0.1) is 22.5 Å². The summed E-state index contributed by atoms with van der Waals surface area (Å²) in [4.78, 5) is 22.6. The normalized spacial score (nSPS) is 9.59. The van der Waals surface area contributed by atoms with Crippen molar-refractivity contribution in [1.29, 1.82) is 0 Å². The zero-order valence-corrected chi connectivity index (χ0v) is 11.5. The lowest BCUT2D eigenvalue weighted by Crippen LogP contribution is -2.14. The van der Waals surface area contributed by atoms with Gasteiger partial charge in [0.05, 0.1) is 10.6 Å². The number of nitro groups is 1. The van der Waals surface area contributed by atoms with Crippen LogP contribution in [0.2, 0.25) is 0 Å². The second-order valence-corrected chi connectivity index (χ2v) is 4.22. The van der Waals surface area contributed by atoms with Gasteiger partial charge in [-0.15, -0.1) is 6.42 Å². The number of ether oxygens (including phenoxy) is 1. The number of rotatable bonds is 5. The predicted octanol–water partition coefficient (Wildman–Crippen LogP) is 2.86. The van der Waals surface area contributed by atoms with Gasteiger partial charge in [-0.1, -0.05) is 30.2 Å². The van der Waals surface area contributed by atoms with Crippen LogP contribution in [0.15, 0.2) is 48.5 Å². The molecular weight excluding hydrogens is 284 g/mol. The van der Waals surface area contributed by atoms with Crippen LogP contribution < -0.4 is 10.1 Å². The molecule has 0 atom stereocenters. The standard InChI is InChI=1S/C16H12N2O4/c1-2-11-22-15-10-6-4-8-13(15)17-16(19)12-7-3-5-9-14(12)18(20)21/h1,3-10H,11H2,(H,17,19). The molecule has 0 aromatic heterocycles. The Kier molecular flexibility index (Phi) is 4.73. The monoisotopic (exact) mass is 296 g/mol. The Labute approximate surface area is 126 Å². The van der Waals surface area contributed by atoms with E-state index >= 15 is 0 Å². The van der Waals surface area contributed by atoms with Crippen molar-refractivity contribution in [1.82, 2.24) is 0 Å². The molecule has 0 aliphatic heterocycles. The summed E-state index contributed by atoms with van der Waals surface area (Å²) in [6.07, 6.45) is 5.13. The van der Waals surface area contributed by atoms with E-state index in [9.17, 15) is 14.9 Å². The van der Waals surface area contributed by atoms with Crippen molar-refractivity contribution in [3.8, 4) is 18.1 Å². The molecule has 0 bridgehead atoms. The van der Waals surface area contributed by atoms with Gasteiger partial charge >= 0.3 is 0 Å². The molecule has 2 aromatic rings. The minimum Gasteiger partial charge on any atom is -0.479 e. The van der Waals surface area contributed by atoms with Crippen molar-refractivity contribution >= 4 is 17.3 Å². The molecule has 2 rings (SSSR count). The molecule has 22 heavy (non-hydrogen) atoms. The first kappa shape index (κ1) is 15.1. The van der Waals surface area contributed by atoms with Crippen LogP contribution in [0.1, 0.15) is 10.4 Å². The second kappa shape index (κ2) is 6.90. The lowest BCUT2D eigenvalue weighted by Gasteiger charge is -2.11. The van der Waals surface area contributed by atoms with Crippen molar-refractivity contribution in [3.63, 3.8) is 0 Å². The number of nitro benzene ring substituents is 1. The zero-order valence-electron chi connectivity index (χ0n) is 11.5. The first-order valence-electron chi connectivity index (χ1n) is 6.33. The molecule has 0 radical (unpaired) electrons. The number of carbonyl (C=O) groups is 1. The van der Waals surface area contributed by atoms with Crippen LogP contribution in [0.5, 0.6) is 5.75 Å². The summed E-state index contributed by atoms with van der Waals surface area (Å²) in [5, 5.41) is 13.6. The summed E-state index contributed by atoms with van der Waals surface area (Å²) in [7, 11) is 0. The molecule has 0 aliphatic carbocycles. The number of carbonyl (C=O) groups excluding carboxylic acids is 1. The fourth-order valence-corrected chi connectivity index (χ4v) is 1.83. The number of nitrogens with zero attached hydrogens (tertiary/aromatic N) is 1. The summed E-state index contributed by atoms with van der Waals surface area (Å²) in [6, 6.07) is 12.4. The Bertz CT molecular complexity index is 750. The molecule has 0 aliphatic rings. The van der Waals surface area contributed by atoms with Crippen molar-refractivity contribution in [2.24, 2.45) is 0 Å². The number of terminal acetylenes is 1. The molecule has 1 amide bonds. The van der Waals surface area contributed by atoms with Gasteiger partial charge in [-0.3, -0.25) is 14.9 Å². The Hall–Kier alpha value is -3.33. The Morgan fingerprint density at radius 3 is 2.64 bits per heavy atom. The van der Waals surface area contributed by atoms with Crippen molar-refractivity contribution in [2.45, 2.75) is 0 Å². The third kappa shape index (κ3) is 3.41. The third-order valence-electron chi connectivity index (χ3n) is 2.79. The van der Waals surface area contributed by atoms with Crippen molar-refractivity contribution in [2.75, 3.05) is 11.9 Å². The zero-order chi connectivity index (χ0) is 15.9. The molecule has 0 spiro atoms. The van der Waals surface area contributed by atoms with E-state index in [-0.39, 0.29) is 17.9 Å². The van der Waals surface area contributed by atoms with Crippen LogP contribution in [0.3, 0.4) is 0 Å². The highest BCUT2D eigenvalue weighted by molar-refractivity contribution is 6.07. The summed E-state index contributed by atoms with van der Waals surface area (Å²) >= 11 is 0. The van der Waals surface area contributed by atoms with Crippen molar-refractivity contribution < 1.29 is 14.5 Å². The Morgan fingerprint density at radius 1 is 1.23 bits per heavy atom. The summed E-state index contributed by atoms with van der Waals surface area (Å²) in [5.74, 6) is 2.13. The van der Waals surface area contributed by atoms with Crippen molar-refractivity contribution in [3.05, 3.63) is 64.2 Å². The van der Waals surface area contributed by atoms with E-state index in [1.54, 1.807) is 30.3 Å². The van der Waals surface area contributed by atoms with Gasteiger partial charge < -0.3 is 10.1 Å². The summed E-state index contributed by atoms with van der Waals surface area (Å²) in [5.41, 5.74) is 0.0992. The Balaban J connectivity index is 2.27. The number of benzene rings is 2. The number of para-hydroxylation sites is 3. The molecule has 1 N–H and O–H groups in total. The lowest BCUT2D eigenvalue weighted by molar-refractivity contribution is -0.385. The molecule has 0 saturated carbocycles. The van der Waals surface area contributed by atoms with E-state index in [1.165, 1.54) is 18.2 Å². The fourth-order valence-electron chi connectivity index (χ4n) is 1.83. The SMILES string of the molecule is C#CCOc1ccccc1NC(=O)c1ccccc1[N+](=O)[O-].